The van der Waals surface area contributed by atoms with Crippen molar-refractivity contribution in [3.8, 4) is 11.5 Å². The third kappa shape index (κ3) is 2.43. The molecule has 88 valence electrons. The topological polar surface area (TPSA) is 65.0 Å². The standard InChI is InChI=1S/C11H14O5/c1-14-6-7-4-9(15-2)10(16-3)5-8(7)11(12)13/h4-5H,6H2,1-3H3,(H,12,13). The van der Waals surface area contributed by atoms with Crippen LogP contribution in [0.3, 0.4) is 0 Å². The maximum Gasteiger partial charge on any atom is 0.336 e. The molecule has 1 aromatic carbocycles. The van der Waals surface area contributed by atoms with Gasteiger partial charge in [-0.05, 0) is 17.7 Å². The monoisotopic (exact) mass is 226 g/mol. The number of aromatic carboxylic acids is 1. The van der Waals surface area contributed by atoms with Crippen LogP contribution in [-0.4, -0.2) is 32.4 Å². The highest BCUT2D eigenvalue weighted by Gasteiger charge is 2.15. The van der Waals surface area contributed by atoms with Crippen molar-refractivity contribution in [1.82, 2.24) is 0 Å². The minimum absolute atomic E-state index is 0.152. The lowest BCUT2D eigenvalue weighted by Gasteiger charge is -2.12. The fraction of sp³-hybridized carbons (Fsp3) is 0.364. The van der Waals surface area contributed by atoms with Crippen LogP contribution in [0.5, 0.6) is 11.5 Å². The van der Waals surface area contributed by atoms with Gasteiger partial charge in [0.2, 0.25) is 0 Å². The van der Waals surface area contributed by atoms with Crippen molar-refractivity contribution in [2.45, 2.75) is 6.61 Å². The third-order valence-electron chi connectivity index (χ3n) is 2.14. The first kappa shape index (κ1) is 12.3. The van der Waals surface area contributed by atoms with E-state index in [1.54, 1.807) is 6.07 Å². The van der Waals surface area contributed by atoms with Crippen LogP contribution in [0.4, 0.5) is 0 Å². The zero-order chi connectivity index (χ0) is 12.1. The smallest absolute Gasteiger partial charge is 0.336 e. The zero-order valence-corrected chi connectivity index (χ0v) is 9.44. The van der Waals surface area contributed by atoms with Gasteiger partial charge in [0, 0.05) is 7.11 Å². The molecule has 1 aromatic rings. The molecule has 0 bridgehead atoms. The van der Waals surface area contributed by atoms with E-state index in [2.05, 4.69) is 0 Å². The Balaban J connectivity index is 3.29. The number of ether oxygens (including phenoxy) is 3. The molecule has 5 heteroatoms. The summed E-state index contributed by atoms with van der Waals surface area (Å²) in [5, 5.41) is 9.02. The van der Waals surface area contributed by atoms with Crippen LogP contribution in [0.15, 0.2) is 12.1 Å². The van der Waals surface area contributed by atoms with E-state index in [0.717, 1.165) is 0 Å². The lowest BCUT2D eigenvalue weighted by Crippen LogP contribution is -2.05. The molecule has 1 N–H and O–H groups in total. The Hall–Kier alpha value is -1.75. The van der Waals surface area contributed by atoms with E-state index in [0.29, 0.717) is 17.1 Å². The van der Waals surface area contributed by atoms with Gasteiger partial charge < -0.3 is 19.3 Å². The molecule has 16 heavy (non-hydrogen) atoms. The molecule has 0 saturated heterocycles. The average molecular weight is 226 g/mol. The van der Waals surface area contributed by atoms with Gasteiger partial charge in [-0.3, -0.25) is 0 Å². The summed E-state index contributed by atoms with van der Waals surface area (Å²) in [6.45, 7) is 0.210. The van der Waals surface area contributed by atoms with Gasteiger partial charge >= 0.3 is 5.97 Å². The van der Waals surface area contributed by atoms with Crippen LogP contribution < -0.4 is 9.47 Å². The van der Waals surface area contributed by atoms with Crippen molar-refractivity contribution in [3.05, 3.63) is 23.3 Å². The number of methoxy groups -OCH3 is 3. The fourth-order valence-electron chi connectivity index (χ4n) is 1.40. The molecular formula is C11H14O5. The van der Waals surface area contributed by atoms with E-state index >= 15 is 0 Å². The van der Waals surface area contributed by atoms with Crippen molar-refractivity contribution in [2.24, 2.45) is 0 Å². The summed E-state index contributed by atoms with van der Waals surface area (Å²) >= 11 is 0. The van der Waals surface area contributed by atoms with Crippen LogP contribution >= 0.6 is 0 Å². The fourth-order valence-corrected chi connectivity index (χ4v) is 1.40. The normalized spacial score (nSPS) is 9.94. The predicted molar refractivity (Wildman–Crippen MR) is 57.2 cm³/mol. The molecule has 0 aliphatic rings. The van der Waals surface area contributed by atoms with E-state index in [1.807, 2.05) is 0 Å². The molecule has 0 radical (unpaired) electrons. The highest BCUT2D eigenvalue weighted by atomic mass is 16.5. The van der Waals surface area contributed by atoms with Crippen molar-refractivity contribution in [2.75, 3.05) is 21.3 Å². The quantitative estimate of drug-likeness (QED) is 0.825. The first-order chi connectivity index (χ1) is 7.63. The summed E-state index contributed by atoms with van der Waals surface area (Å²) in [6, 6.07) is 3.03. The Labute approximate surface area is 93.6 Å². The van der Waals surface area contributed by atoms with Crippen molar-refractivity contribution >= 4 is 5.97 Å². The highest BCUT2D eigenvalue weighted by Crippen LogP contribution is 2.30. The molecule has 0 aliphatic heterocycles. The largest absolute Gasteiger partial charge is 0.493 e. The van der Waals surface area contributed by atoms with Crippen molar-refractivity contribution in [1.29, 1.82) is 0 Å². The summed E-state index contributed by atoms with van der Waals surface area (Å²) in [7, 11) is 4.46. The first-order valence-corrected chi connectivity index (χ1v) is 4.61. The molecule has 0 spiro atoms. The van der Waals surface area contributed by atoms with E-state index in [-0.39, 0.29) is 12.2 Å². The predicted octanol–water partition coefficient (Wildman–Crippen LogP) is 1.55. The summed E-state index contributed by atoms with van der Waals surface area (Å²) in [4.78, 5) is 11.0. The molecule has 0 heterocycles. The number of benzene rings is 1. The van der Waals surface area contributed by atoms with Gasteiger partial charge in [0.25, 0.3) is 0 Å². The molecule has 0 saturated carbocycles. The Morgan fingerprint density at radius 1 is 1.19 bits per heavy atom. The minimum Gasteiger partial charge on any atom is -0.493 e. The first-order valence-electron chi connectivity index (χ1n) is 4.61. The lowest BCUT2D eigenvalue weighted by molar-refractivity contribution is 0.0691. The SMILES string of the molecule is COCc1cc(OC)c(OC)cc1C(=O)O. The number of carbonyl (C=O) groups is 1. The summed E-state index contributed by atoms with van der Waals surface area (Å²) in [5.74, 6) is -0.146. The van der Waals surface area contributed by atoms with E-state index in [9.17, 15) is 4.79 Å². The Bertz CT molecular complexity index is 386. The van der Waals surface area contributed by atoms with Gasteiger partial charge in [-0.1, -0.05) is 0 Å². The van der Waals surface area contributed by atoms with Gasteiger partial charge in [0.1, 0.15) is 0 Å². The Morgan fingerprint density at radius 2 is 1.75 bits per heavy atom. The number of hydrogen-bond acceptors (Lipinski definition) is 4. The number of rotatable bonds is 5. The third-order valence-corrected chi connectivity index (χ3v) is 2.14. The summed E-state index contributed by atoms with van der Waals surface area (Å²) in [6.07, 6.45) is 0. The van der Waals surface area contributed by atoms with Crippen molar-refractivity contribution in [3.63, 3.8) is 0 Å². The average Bonchev–Trinajstić information content (AvgIpc) is 2.28. The Morgan fingerprint density at radius 3 is 2.19 bits per heavy atom. The van der Waals surface area contributed by atoms with Gasteiger partial charge in [-0.25, -0.2) is 4.79 Å². The second-order valence-corrected chi connectivity index (χ2v) is 3.10. The number of carboxylic acid groups (broad SMARTS) is 1. The zero-order valence-electron chi connectivity index (χ0n) is 9.44. The lowest BCUT2D eigenvalue weighted by atomic mass is 10.1. The molecule has 5 nitrogen and oxygen atoms in total. The van der Waals surface area contributed by atoms with Crippen molar-refractivity contribution < 1.29 is 24.1 Å². The van der Waals surface area contributed by atoms with Gasteiger partial charge in [0.15, 0.2) is 11.5 Å². The van der Waals surface area contributed by atoms with Crippen LogP contribution in [0.2, 0.25) is 0 Å². The van der Waals surface area contributed by atoms with Gasteiger partial charge in [-0.15, -0.1) is 0 Å². The molecule has 0 atom stereocenters. The molecule has 0 unspecified atom stereocenters. The minimum atomic E-state index is -1.02. The molecule has 0 aromatic heterocycles. The molecule has 0 fully saturated rings. The van der Waals surface area contributed by atoms with Gasteiger partial charge in [0.05, 0.1) is 26.4 Å². The Kier molecular flexibility index (Phi) is 4.13. The molecular weight excluding hydrogens is 212 g/mol. The molecule has 0 aliphatic carbocycles. The van der Waals surface area contributed by atoms with Gasteiger partial charge in [-0.2, -0.15) is 0 Å². The van der Waals surface area contributed by atoms with E-state index < -0.39 is 5.97 Å². The maximum absolute atomic E-state index is 11.0. The summed E-state index contributed by atoms with van der Waals surface area (Å²) in [5.41, 5.74) is 0.701. The van der Waals surface area contributed by atoms with E-state index in [1.165, 1.54) is 27.4 Å². The molecule has 0 amide bonds. The second-order valence-electron chi connectivity index (χ2n) is 3.10. The van der Waals surface area contributed by atoms with Crippen LogP contribution in [0.1, 0.15) is 15.9 Å². The number of hydrogen-bond donors (Lipinski definition) is 1. The maximum atomic E-state index is 11.0. The highest BCUT2D eigenvalue weighted by molar-refractivity contribution is 5.90. The number of carboxylic acids is 1. The molecule has 1 rings (SSSR count). The van der Waals surface area contributed by atoms with Crippen LogP contribution in [0, 0.1) is 0 Å². The van der Waals surface area contributed by atoms with Crippen LogP contribution in [-0.2, 0) is 11.3 Å². The van der Waals surface area contributed by atoms with E-state index in [4.69, 9.17) is 19.3 Å². The second kappa shape index (κ2) is 5.37. The van der Waals surface area contributed by atoms with Crippen LogP contribution in [0.25, 0.3) is 0 Å². The summed E-state index contributed by atoms with van der Waals surface area (Å²) < 4.78 is 15.0.